The highest BCUT2D eigenvalue weighted by Crippen LogP contribution is 2.07. The van der Waals surface area contributed by atoms with E-state index in [2.05, 4.69) is 10.9 Å². The first kappa shape index (κ1) is 14.4. The van der Waals surface area contributed by atoms with E-state index in [0.717, 1.165) is 0 Å². The number of carbonyl (C=O) groups is 1. The highest BCUT2D eigenvalue weighted by molar-refractivity contribution is 7.80. The van der Waals surface area contributed by atoms with Gasteiger partial charge in [-0.05, 0) is 32.9 Å². The molecule has 0 aromatic heterocycles. The van der Waals surface area contributed by atoms with Gasteiger partial charge >= 0.3 is 6.09 Å². The van der Waals surface area contributed by atoms with Crippen molar-refractivity contribution in [2.75, 3.05) is 0 Å². The molecule has 0 aliphatic carbocycles. The van der Waals surface area contributed by atoms with Crippen LogP contribution in [-0.4, -0.2) is 16.7 Å². The molecule has 0 fully saturated rings. The van der Waals surface area contributed by atoms with E-state index >= 15 is 0 Å². The third-order valence-electron chi connectivity index (χ3n) is 1.80. The van der Waals surface area contributed by atoms with Crippen molar-refractivity contribution in [2.45, 2.75) is 26.4 Å². The molecule has 0 unspecified atom stereocenters. The maximum Gasteiger partial charge on any atom is 0.426 e. The largest absolute Gasteiger partial charge is 0.443 e. The number of hydrazine groups is 1. The van der Waals surface area contributed by atoms with Crippen molar-refractivity contribution >= 4 is 23.3 Å². The van der Waals surface area contributed by atoms with E-state index in [-0.39, 0.29) is 10.6 Å². The zero-order valence-electron chi connectivity index (χ0n) is 10.4. The summed E-state index contributed by atoms with van der Waals surface area (Å²) in [4.78, 5) is 11.4. The molecule has 0 spiro atoms. The van der Waals surface area contributed by atoms with Crippen molar-refractivity contribution in [2.24, 2.45) is 0 Å². The summed E-state index contributed by atoms with van der Waals surface area (Å²) >= 11 is 4.95. The van der Waals surface area contributed by atoms with Crippen molar-refractivity contribution in [3.63, 3.8) is 0 Å². The lowest BCUT2D eigenvalue weighted by molar-refractivity contribution is 0.0513. The van der Waals surface area contributed by atoms with Crippen LogP contribution >= 0.6 is 12.2 Å². The Morgan fingerprint density at radius 1 is 1.28 bits per heavy atom. The zero-order chi connectivity index (χ0) is 13.8. The summed E-state index contributed by atoms with van der Waals surface area (Å²) in [6, 6.07) is 6.01. The van der Waals surface area contributed by atoms with Gasteiger partial charge in [-0.25, -0.2) is 14.6 Å². The van der Waals surface area contributed by atoms with Crippen molar-refractivity contribution in [1.82, 2.24) is 10.9 Å². The number of hydrogen-bond donors (Lipinski definition) is 2. The third-order valence-corrected chi connectivity index (χ3v) is 2.12. The predicted octanol–water partition coefficient (Wildman–Crippen LogP) is 2.53. The quantitative estimate of drug-likeness (QED) is 0.608. The first-order valence-corrected chi connectivity index (χ1v) is 5.74. The average Bonchev–Trinajstić information content (AvgIpc) is 2.24. The molecule has 1 aromatic carbocycles. The van der Waals surface area contributed by atoms with E-state index in [1.54, 1.807) is 32.9 Å². The summed E-state index contributed by atoms with van der Waals surface area (Å²) < 4.78 is 18.4. The number of nitrogens with one attached hydrogen (secondary N) is 2. The van der Waals surface area contributed by atoms with Crippen LogP contribution < -0.4 is 10.9 Å². The van der Waals surface area contributed by atoms with Gasteiger partial charge in [0.25, 0.3) is 0 Å². The molecule has 0 heterocycles. The summed E-state index contributed by atoms with van der Waals surface area (Å²) in [5, 5.41) is 0. The lowest BCUT2D eigenvalue weighted by Gasteiger charge is -2.20. The molecule has 1 rings (SSSR count). The monoisotopic (exact) mass is 270 g/mol. The number of thiocarbonyl (C=S) groups is 1. The molecule has 0 saturated heterocycles. The van der Waals surface area contributed by atoms with Crippen molar-refractivity contribution in [3.8, 4) is 0 Å². The number of amides is 1. The second-order valence-corrected chi connectivity index (χ2v) is 4.97. The maximum atomic E-state index is 13.4. The van der Waals surface area contributed by atoms with Crippen molar-refractivity contribution in [1.29, 1.82) is 0 Å². The molecule has 18 heavy (non-hydrogen) atoms. The fourth-order valence-corrected chi connectivity index (χ4v) is 1.34. The molecular weight excluding hydrogens is 255 g/mol. The second-order valence-electron chi connectivity index (χ2n) is 4.56. The number of hydrogen-bond acceptors (Lipinski definition) is 3. The molecule has 1 aromatic rings. The Labute approximate surface area is 110 Å². The van der Waals surface area contributed by atoms with Crippen LogP contribution in [0.5, 0.6) is 0 Å². The maximum absolute atomic E-state index is 13.4. The topological polar surface area (TPSA) is 50.4 Å². The Balaban J connectivity index is 2.52. The first-order valence-electron chi connectivity index (χ1n) is 5.33. The molecular formula is C12H15FN2O2S. The van der Waals surface area contributed by atoms with Crippen molar-refractivity contribution < 1.29 is 13.9 Å². The molecule has 4 nitrogen and oxygen atoms in total. The number of carbonyl (C=O) groups excluding carboxylic acids is 1. The fourth-order valence-electron chi connectivity index (χ4n) is 1.12. The highest BCUT2D eigenvalue weighted by Gasteiger charge is 2.16. The third kappa shape index (κ3) is 4.67. The van der Waals surface area contributed by atoms with E-state index in [1.807, 2.05) is 0 Å². The summed E-state index contributed by atoms with van der Waals surface area (Å²) in [5.41, 5.74) is 4.28. The molecule has 0 saturated carbocycles. The Morgan fingerprint density at radius 2 is 1.89 bits per heavy atom. The Hall–Kier alpha value is -1.69. The summed E-state index contributed by atoms with van der Waals surface area (Å²) in [7, 11) is 0. The minimum absolute atomic E-state index is 0.0824. The summed E-state index contributed by atoms with van der Waals surface area (Å²) in [6.45, 7) is 5.21. The summed E-state index contributed by atoms with van der Waals surface area (Å²) in [6.07, 6.45) is -0.679. The van der Waals surface area contributed by atoms with E-state index in [4.69, 9.17) is 17.0 Å². The highest BCUT2D eigenvalue weighted by atomic mass is 32.1. The van der Waals surface area contributed by atoms with Crippen LogP contribution in [0.3, 0.4) is 0 Å². The van der Waals surface area contributed by atoms with Crippen LogP contribution in [0, 0.1) is 5.82 Å². The minimum atomic E-state index is -0.679. The van der Waals surface area contributed by atoms with Crippen LogP contribution in [0.4, 0.5) is 9.18 Å². The molecule has 0 bridgehead atoms. The molecule has 0 aliphatic rings. The Bertz CT molecular complexity index is 458. The molecule has 2 N–H and O–H groups in total. The average molecular weight is 270 g/mol. The van der Waals surface area contributed by atoms with E-state index in [1.165, 1.54) is 12.1 Å². The number of halogens is 1. The lowest BCUT2D eigenvalue weighted by Crippen LogP contribution is -2.44. The van der Waals surface area contributed by atoms with Gasteiger partial charge < -0.3 is 4.74 Å². The number of ether oxygens (including phenoxy) is 1. The van der Waals surface area contributed by atoms with Gasteiger partial charge in [0.2, 0.25) is 0 Å². The second kappa shape index (κ2) is 5.77. The van der Waals surface area contributed by atoms with Gasteiger partial charge in [-0.2, -0.15) is 0 Å². The Kier molecular flexibility index (Phi) is 4.61. The van der Waals surface area contributed by atoms with Crippen molar-refractivity contribution in [3.05, 3.63) is 35.6 Å². The fraction of sp³-hybridized carbons (Fsp3) is 0.333. The van der Waals surface area contributed by atoms with Gasteiger partial charge in [0.05, 0.1) is 0 Å². The SMILES string of the molecule is CC(C)(C)OC(=O)NNC(=S)c1ccccc1F. The molecule has 0 radical (unpaired) electrons. The van der Waals surface area contributed by atoms with Crippen LogP contribution in [0.25, 0.3) is 0 Å². The van der Waals surface area contributed by atoms with Gasteiger partial charge in [-0.3, -0.25) is 5.43 Å². The van der Waals surface area contributed by atoms with E-state index in [9.17, 15) is 9.18 Å². The smallest absolute Gasteiger partial charge is 0.426 e. The minimum Gasteiger partial charge on any atom is -0.443 e. The normalized spacial score (nSPS) is 10.7. The van der Waals surface area contributed by atoms with Gasteiger partial charge in [0.1, 0.15) is 16.4 Å². The lowest BCUT2D eigenvalue weighted by atomic mass is 10.2. The molecule has 1 amide bonds. The summed E-state index contributed by atoms with van der Waals surface area (Å²) in [5.74, 6) is -0.457. The van der Waals surface area contributed by atoms with Crippen LogP contribution in [0.2, 0.25) is 0 Å². The van der Waals surface area contributed by atoms with Gasteiger partial charge in [0.15, 0.2) is 0 Å². The van der Waals surface area contributed by atoms with Crippen LogP contribution in [-0.2, 0) is 4.74 Å². The van der Waals surface area contributed by atoms with Crippen LogP contribution in [0.1, 0.15) is 26.3 Å². The first-order chi connectivity index (χ1) is 8.29. The zero-order valence-corrected chi connectivity index (χ0v) is 11.2. The van der Waals surface area contributed by atoms with Gasteiger partial charge in [0, 0.05) is 5.56 Å². The molecule has 6 heteroatoms. The number of rotatable bonds is 1. The molecule has 98 valence electrons. The molecule has 0 atom stereocenters. The number of benzene rings is 1. The standard InChI is InChI=1S/C12H15FN2O2S/c1-12(2,3)17-11(16)15-14-10(18)8-6-4-5-7-9(8)13/h4-7H,1-3H3,(H,14,18)(H,15,16). The molecule has 0 aliphatic heterocycles. The predicted molar refractivity (Wildman–Crippen MR) is 70.6 cm³/mol. The van der Waals surface area contributed by atoms with Gasteiger partial charge in [-0.15, -0.1) is 0 Å². The Morgan fingerprint density at radius 3 is 2.44 bits per heavy atom. The van der Waals surface area contributed by atoms with Gasteiger partial charge in [-0.1, -0.05) is 24.4 Å². The van der Waals surface area contributed by atoms with E-state index in [0.29, 0.717) is 0 Å². The van der Waals surface area contributed by atoms with Crippen LogP contribution in [0.15, 0.2) is 24.3 Å². The van der Waals surface area contributed by atoms with E-state index < -0.39 is 17.5 Å².